The second kappa shape index (κ2) is 8.46. The highest BCUT2D eigenvalue weighted by Crippen LogP contribution is 2.29. The lowest BCUT2D eigenvalue weighted by Gasteiger charge is -2.28. The number of hydrogen-bond donors (Lipinski definition) is 0. The van der Waals surface area contributed by atoms with Crippen LogP contribution in [0, 0.1) is 0 Å². The third-order valence-corrected chi connectivity index (χ3v) is 5.02. The molecule has 0 radical (unpaired) electrons. The number of anilines is 1. The van der Waals surface area contributed by atoms with E-state index in [-0.39, 0.29) is 5.78 Å². The van der Waals surface area contributed by atoms with Gasteiger partial charge in [0.15, 0.2) is 5.78 Å². The minimum absolute atomic E-state index is 0.0655. The molecule has 0 spiro atoms. The first-order valence-corrected chi connectivity index (χ1v) is 9.58. The lowest BCUT2D eigenvalue weighted by Crippen LogP contribution is -2.36. The van der Waals surface area contributed by atoms with E-state index in [1.165, 1.54) is 6.08 Å². The number of nitrogens with zero attached hydrogens (tertiary/aromatic N) is 1. The highest BCUT2D eigenvalue weighted by Gasteiger charge is 2.12. The molecule has 0 aliphatic carbocycles. The summed E-state index contributed by atoms with van der Waals surface area (Å²) < 4.78 is 11.2. The van der Waals surface area contributed by atoms with Crippen LogP contribution in [0.4, 0.5) is 5.69 Å². The largest absolute Gasteiger partial charge is 0.457 e. The molecule has 5 heteroatoms. The number of morpholine rings is 1. The molecule has 1 saturated heterocycles. The lowest BCUT2D eigenvalue weighted by atomic mass is 10.1. The van der Waals surface area contributed by atoms with Gasteiger partial charge in [-0.05, 0) is 60.7 Å². The molecule has 1 aliphatic rings. The van der Waals surface area contributed by atoms with E-state index in [0.717, 1.165) is 37.6 Å². The summed E-state index contributed by atoms with van der Waals surface area (Å²) in [5.74, 6) is 1.21. The number of carbonyl (C=O) groups is 1. The third kappa shape index (κ3) is 4.19. The smallest absolute Gasteiger partial charge is 0.185 e. The van der Waals surface area contributed by atoms with Gasteiger partial charge in [-0.2, -0.15) is 0 Å². The average molecular weight is 394 g/mol. The van der Waals surface area contributed by atoms with E-state index in [9.17, 15) is 4.79 Å². The van der Waals surface area contributed by atoms with Gasteiger partial charge in [-0.1, -0.05) is 23.7 Å². The highest BCUT2D eigenvalue weighted by atomic mass is 35.5. The van der Waals surface area contributed by atoms with Crippen LogP contribution in [0.15, 0.2) is 71.2 Å². The molecule has 2 aromatic carbocycles. The zero-order valence-corrected chi connectivity index (χ0v) is 16.1. The quantitative estimate of drug-likeness (QED) is 0.434. The number of benzene rings is 2. The van der Waals surface area contributed by atoms with Crippen LogP contribution in [-0.4, -0.2) is 32.1 Å². The van der Waals surface area contributed by atoms with E-state index in [4.69, 9.17) is 20.8 Å². The van der Waals surface area contributed by atoms with Crippen molar-refractivity contribution in [3.05, 3.63) is 83.1 Å². The van der Waals surface area contributed by atoms with E-state index in [1.54, 1.807) is 6.08 Å². The van der Waals surface area contributed by atoms with Crippen molar-refractivity contribution in [3.8, 4) is 11.3 Å². The van der Waals surface area contributed by atoms with Crippen molar-refractivity contribution in [3.63, 3.8) is 0 Å². The Kier molecular flexibility index (Phi) is 5.60. The van der Waals surface area contributed by atoms with Gasteiger partial charge in [-0.3, -0.25) is 4.79 Å². The van der Waals surface area contributed by atoms with E-state index in [1.807, 2.05) is 60.7 Å². The van der Waals surface area contributed by atoms with Gasteiger partial charge < -0.3 is 14.1 Å². The van der Waals surface area contributed by atoms with Gasteiger partial charge in [0.05, 0.1) is 18.2 Å². The van der Waals surface area contributed by atoms with Crippen molar-refractivity contribution in [1.82, 2.24) is 0 Å². The van der Waals surface area contributed by atoms with Crippen LogP contribution in [0.25, 0.3) is 17.4 Å². The first-order chi connectivity index (χ1) is 13.7. The fraction of sp³-hybridized carbons (Fsp3) is 0.174. The van der Waals surface area contributed by atoms with E-state index in [2.05, 4.69) is 4.90 Å². The van der Waals surface area contributed by atoms with Crippen molar-refractivity contribution in [2.75, 3.05) is 31.2 Å². The molecule has 0 saturated carbocycles. The first kappa shape index (κ1) is 18.5. The summed E-state index contributed by atoms with van der Waals surface area (Å²) in [5.41, 5.74) is 2.58. The molecular weight excluding hydrogens is 374 g/mol. The Hall–Kier alpha value is -2.82. The first-order valence-electron chi connectivity index (χ1n) is 9.20. The van der Waals surface area contributed by atoms with E-state index < -0.39 is 0 Å². The van der Waals surface area contributed by atoms with Gasteiger partial charge in [0.25, 0.3) is 0 Å². The maximum atomic E-state index is 12.5. The number of allylic oxidation sites excluding steroid dienone is 1. The van der Waals surface area contributed by atoms with Crippen LogP contribution in [0.1, 0.15) is 16.1 Å². The fourth-order valence-electron chi connectivity index (χ4n) is 3.16. The van der Waals surface area contributed by atoms with Crippen molar-refractivity contribution >= 4 is 29.1 Å². The molecule has 1 aliphatic heterocycles. The maximum Gasteiger partial charge on any atom is 0.185 e. The summed E-state index contributed by atoms with van der Waals surface area (Å²) in [6.07, 6.45) is 3.21. The lowest BCUT2D eigenvalue weighted by molar-refractivity contribution is 0.104. The Morgan fingerprint density at radius 1 is 0.964 bits per heavy atom. The molecule has 3 aromatic rings. The molecule has 0 bridgehead atoms. The molecule has 0 atom stereocenters. The van der Waals surface area contributed by atoms with Gasteiger partial charge in [-0.15, -0.1) is 0 Å². The van der Waals surface area contributed by atoms with Gasteiger partial charge in [0, 0.05) is 29.9 Å². The minimum atomic E-state index is -0.0655. The number of rotatable bonds is 5. The molecule has 4 nitrogen and oxygen atoms in total. The molecule has 2 heterocycles. The maximum absolute atomic E-state index is 12.5. The average Bonchev–Trinajstić information content (AvgIpc) is 3.22. The zero-order valence-electron chi connectivity index (χ0n) is 15.3. The second-order valence-corrected chi connectivity index (χ2v) is 6.93. The van der Waals surface area contributed by atoms with Crippen molar-refractivity contribution in [1.29, 1.82) is 0 Å². The summed E-state index contributed by atoms with van der Waals surface area (Å²) in [4.78, 5) is 14.7. The number of ketones is 1. The summed E-state index contributed by atoms with van der Waals surface area (Å²) in [5, 5.41) is 0.629. The van der Waals surface area contributed by atoms with Crippen LogP contribution < -0.4 is 4.90 Å². The Morgan fingerprint density at radius 2 is 1.71 bits per heavy atom. The molecule has 28 heavy (non-hydrogen) atoms. The minimum Gasteiger partial charge on any atom is -0.457 e. The molecule has 1 aromatic heterocycles. The number of halogens is 1. The van der Waals surface area contributed by atoms with Gasteiger partial charge >= 0.3 is 0 Å². The zero-order chi connectivity index (χ0) is 19.3. The van der Waals surface area contributed by atoms with E-state index in [0.29, 0.717) is 22.1 Å². The van der Waals surface area contributed by atoms with Crippen molar-refractivity contribution in [2.24, 2.45) is 0 Å². The number of carbonyl (C=O) groups excluding carboxylic acids is 1. The number of furan rings is 1. The monoisotopic (exact) mass is 393 g/mol. The Labute approximate surface area is 169 Å². The molecule has 0 amide bonds. The van der Waals surface area contributed by atoms with Gasteiger partial charge in [-0.25, -0.2) is 0 Å². The topological polar surface area (TPSA) is 42.7 Å². The SMILES string of the molecule is O=C(/C=C/c1ccc(-c2ccccc2Cl)o1)c1ccc(N2CCOCC2)cc1. The molecule has 0 N–H and O–H groups in total. The van der Waals surface area contributed by atoms with Crippen molar-refractivity contribution in [2.45, 2.75) is 0 Å². The Morgan fingerprint density at radius 3 is 2.46 bits per heavy atom. The summed E-state index contributed by atoms with van der Waals surface area (Å²) >= 11 is 6.20. The highest BCUT2D eigenvalue weighted by molar-refractivity contribution is 6.33. The van der Waals surface area contributed by atoms with Crippen LogP contribution in [0.5, 0.6) is 0 Å². The second-order valence-electron chi connectivity index (χ2n) is 6.53. The molecule has 0 unspecified atom stereocenters. The van der Waals surface area contributed by atoms with Crippen LogP contribution >= 0.6 is 11.6 Å². The van der Waals surface area contributed by atoms with Gasteiger partial charge in [0.2, 0.25) is 0 Å². The third-order valence-electron chi connectivity index (χ3n) is 4.69. The van der Waals surface area contributed by atoms with Crippen LogP contribution in [-0.2, 0) is 4.74 Å². The predicted octanol–water partition coefficient (Wildman–Crippen LogP) is 5.33. The van der Waals surface area contributed by atoms with Gasteiger partial charge in [0.1, 0.15) is 11.5 Å². The Balaban J connectivity index is 1.43. The summed E-state index contributed by atoms with van der Waals surface area (Å²) in [6.45, 7) is 3.23. The normalized spacial score (nSPS) is 14.5. The molecular formula is C23H20ClNO3. The Bertz CT molecular complexity index is 985. The number of ether oxygens (including phenoxy) is 1. The van der Waals surface area contributed by atoms with Crippen molar-refractivity contribution < 1.29 is 13.9 Å². The van der Waals surface area contributed by atoms with Crippen LogP contribution in [0.2, 0.25) is 5.02 Å². The number of hydrogen-bond acceptors (Lipinski definition) is 4. The molecule has 142 valence electrons. The summed E-state index contributed by atoms with van der Waals surface area (Å²) in [7, 11) is 0. The fourth-order valence-corrected chi connectivity index (χ4v) is 3.39. The summed E-state index contributed by atoms with van der Waals surface area (Å²) in [6, 6.07) is 18.8. The molecule has 4 rings (SSSR count). The van der Waals surface area contributed by atoms with E-state index >= 15 is 0 Å². The van der Waals surface area contributed by atoms with Crippen LogP contribution in [0.3, 0.4) is 0 Å². The molecule has 1 fully saturated rings. The standard InChI is InChI=1S/C23H20ClNO3/c24-21-4-2-1-3-20(21)23-12-10-19(28-23)9-11-22(26)17-5-7-18(8-6-17)25-13-15-27-16-14-25/h1-12H,13-16H2/b11-9+. The predicted molar refractivity (Wildman–Crippen MR) is 112 cm³/mol.